The molecule has 0 aliphatic carbocycles. The molecule has 0 saturated heterocycles. The standard InChI is InChI=1S/C82H63N3/c1-6-53-24-41-76-70(46-53)72-48-59(52(4)5)32-43-78(72)84(76)63-37-27-55(28-38-63)61-34-45-80-74(50-61)73-49-60(54-25-35-62(36-26-54)83-75-23-15-14-18-65(75)71-47-58(51(2)3)31-42-77(71)83)33-44-79(73)85(80)64-39-29-57(30-40-64)82-68-21-12-10-19-66(68)81(56-16-8-7-9-17-56)67-20-11-13-22-69(67)82/h7-52H,6H2,1-5H3. The molecule has 0 bridgehead atoms. The summed E-state index contributed by atoms with van der Waals surface area (Å²) >= 11 is 0. The van der Waals surface area contributed by atoms with Crippen molar-refractivity contribution in [2.24, 2.45) is 0 Å². The first-order chi connectivity index (χ1) is 41.8. The smallest absolute Gasteiger partial charge is 0.0541 e. The second kappa shape index (κ2) is 20.0. The third kappa shape index (κ3) is 8.16. The molecule has 0 saturated carbocycles. The fourth-order valence-corrected chi connectivity index (χ4v) is 14.0. The molecule has 16 aromatic rings. The number of fused-ring (bicyclic) bond motifs is 11. The molecular weight excluding hydrogens is 1030 g/mol. The van der Waals surface area contributed by atoms with Crippen molar-refractivity contribution in [2.45, 2.75) is 52.9 Å². The molecule has 3 heteroatoms. The van der Waals surface area contributed by atoms with Gasteiger partial charge >= 0.3 is 0 Å². The van der Waals surface area contributed by atoms with Crippen molar-refractivity contribution in [2.75, 3.05) is 0 Å². The van der Waals surface area contributed by atoms with Gasteiger partial charge in [0.25, 0.3) is 0 Å². The Morgan fingerprint density at radius 1 is 0.247 bits per heavy atom. The van der Waals surface area contributed by atoms with Crippen LogP contribution in [0.3, 0.4) is 0 Å². The Morgan fingerprint density at radius 2 is 0.565 bits per heavy atom. The number of aromatic nitrogens is 3. The van der Waals surface area contributed by atoms with E-state index in [0.717, 1.165) is 23.5 Å². The first-order valence-electron chi connectivity index (χ1n) is 30.3. The van der Waals surface area contributed by atoms with E-state index < -0.39 is 0 Å². The molecular formula is C82H63N3. The van der Waals surface area contributed by atoms with Gasteiger partial charge in [-0.2, -0.15) is 0 Å². The highest BCUT2D eigenvalue weighted by molar-refractivity contribution is 6.22. The summed E-state index contributed by atoms with van der Waals surface area (Å²) in [6, 6.07) is 100. The largest absolute Gasteiger partial charge is 0.309 e. The van der Waals surface area contributed by atoms with E-state index in [-0.39, 0.29) is 0 Å². The van der Waals surface area contributed by atoms with Gasteiger partial charge in [-0.25, -0.2) is 0 Å². The lowest BCUT2D eigenvalue weighted by Gasteiger charge is -2.18. The number of benzene rings is 13. The Hall–Kier alpha value is -10.2. The number of aryl methyl sites for hydroxylation is 1. The maximum absolute atomic E-state index is 2.47. The summed E-state index contributed by atoms with van der Waals surface area (Å²) in [5, 5.41) is 12.7. The molecule has 0 radical (unpaired) electrons. The summed E-state index contributed by atoms with van der Waals surface area (Å²) < 4.78 is 7.34. The molecule has 16 rings (SSSR count). The molecule has 0 N–H and O–H groups in total. The summed E-state index contributed by atoms with van der Waals surface area (Å²) in [6.07, 6.45) is 1.01. The predicted octanol–water partition coefficient (Wildman–Crippen LogP) is 22.8. The predicted molar refractivity (Wildman–Crippen MR) is 364 cm³/mol. The van der Waals surface area contributed by atoms with Crippen LogP contribution in [0.1, 0.15) is 63.1 Å². The summed E-state index contributed by atoms with van der Waals surface area (Å²) in [6.45, 7) is 11.4. The van der Waals surface area contributed by atoms with Crippen LogP contribution in [0.2, 0.25) is 0 Å². The van der Waals surface area contributed by atoms with Crippen molar-refractivity contribution in [1.82, 2.24) is 13.7 Å². The number of hydrogen-bond acceptors (Lipinski definition) is 0. The van der Waals surface area contributed by atoms with E-state index in [0.29, 0.717) is 11.8 Å². The monoisotopic (exact) mass is 1090 g/mol. The second-order valence-corrected chi connectivity index (χ2v) is 23.9. The van der Waals surface area contributed by atoms with Crippen LogP contribution in [0.5, 0.6) is 0 Å². The molecule has 0 atom stereocenters. The van der Waals surface area contributed by atoms with Crippen LogP contribution >= 0.6 is 0 Å². The topological polar surface area (TPSA) is 14.8 Å². The fraction of sp³-hybridized carbons (Fsp3) is 0.0976. The van der Waals surface area contributed by atoms with Crippen LogP contribution < -0.4 is 0 Å². The van der Waals surface area contributed by atoms with Crippen molar-refractivity contribution < 1.29 is 0 Å². The highest BCUT2D eigenvalue weighted by Crippen LogP contribution is 2.45. The van der Waals surface area contributed by atoms with E-state index in [1.54, 1.807) is 0 Å². The van der Waals surface area contributed by atoms with E-state index in [4.69, 9.17) is 0 Å². The average molecular weight is 1090 g/mol. The first kappa shape index (κ1) is 50.5. The molecule has 0 amide bonds. The Balaban J connectivity index is 0.828. The average Bonchev–Trinajstić information content (AvgIpc) is 3.04. The van der Waals surface area contributed by atoms with E-state index in [2.05, 4.69) is 315 Å². The second-order valence-electron chi connectivity index (χ2n) is 23.9. The SMILES string of the molecule is CCc1ccc2c(c1)c1cc(C(C)C)ccc1n2-c1ccc(-c2ccc3c(c2)c2cc(-c4ccc(-n5c6ccccc6c6cc(C(C)C)ccc65)cc4)ccc2n3-c2ccc(-c3c4ccccc4c(-c4ccccc4)c4ccccc34)cc2)cc1. The van der Waals surface area contributed by atoms with Gasteiger partial charge in [-0.15, -0.1) is 0 Å². The molecule has 0 spiro atoms. The van der Waals surface area contributed by atoms with Gasteiger partial charge in [-0.1, -0.05) is 198 Å². The highest BCUT2D eigenvalue weighted by atomic mass is 15.0. The Labute approximate surface area is 495 Å². The lowest BCUT2D eigenvalue weighted by molar-refractivity contribution is 0.868. The summed E-state index contributed by atoms with van der Waals surface area (Å²) in [5.74, 6) is 0.910. The highest BCUT2D eigenvalue weighted by Gasteiger charge is 2.21. The van der Waals surface area contributed by atoms with E-state index in [1.165, 1.54) is 148 Å². The van der Waals surface area contributed by atoms with E-state index >= 15 is 0 Å². The normalized spacial score (nSPS) is 12.1. The number of nitrogens with zero attached hydrogens (tertiary/aromatic N) is 3. The van der Waals surface area contributed by atoms with Crippen LogP contribution in [0, 0.1) is 0 Å². The molecule has 3 heterocycles. The zero-order valence-corrected chi connectivity index (χ0v) is 48.6. The first-order valence-corrected chi connectivity index (χ1v) is 30.3. The van der Waals surface area contributed by atoms with E-state index in [9.17, 15) is 0 Å². The zero-order chi connectivity index (χ0) is 57.0. The summed E-state index contributed by atoms with van der Waals surface area (Å²) in [5.41, 5.74) is 24.5. The molecule has 0 fully saturated rings. The van der Waals surface area contributed by atoms with Gasteiger partial charge in [0.15, 0.2) is 0 Å². The fourth-order valence-electron chi connectivity index (χ4n) is 14.0. The molecule has 3 nitrogen and oxygen atoms in total. The molecule has 406 valence electrons. The quantitative estimate of drug-likeness (QED) is 0.121. The van der Waals surface area contributed by atoms with Gasteiger partial charge in [0.2, 0.25) is 0 Å². The maximum atomic E-state index is 2.47. The third-order valence-electron chi connectivity index (χ3n) is 18.4. The molecule has 85 heavy (non-hydrogen) atoms. The Bertz CT molecular complexity index is 5240. The number of rotatable bonds is 10. The van der Waals surface area contributed by atoms with Crippen molar-refractivity contribution in [3.8, 4) is 61.6 Å². The molecule has 0 aliphatic heterocycles. The van der Waals surface area contributed by atoms with Gasteiger partial charge in [0.1, 0.15) is 0 Å². The van der Waals surface area contributed by atoms with Crippen LogP contribution in [0.4, 0.5) is 0 Å². The minimum absolute atomic E-state index is 0.453. The lowest BCUT2D eigenvalue weighted by Crippen LogP contribution is -1.95. The molecule has 0 unspecified atom stereocenters. The van der Waals surface area contributed by atoms with E-state index in [1.807, 2.05) is 0 Å². The van der Waals surface area contributed by atoms with Gasteiger partial charge in [-0.3, -0.25) is 0 Å². The Kier molecular flexibility index (Phi) is 11.9. The van der Waals surface area contributed by atoms with Crippen LogP contribution in [0.15, 0.2) is 267 Å². The van der Waals surface area contributed by atoms with Crippen LogP contribution in [-0.2, 0) is 6.42 Å². The van der Waals surface area contributed by atoms with Crippen LogP contribution in [0.25, 0.3) is 149 Å². The lowest BCUT2D eigenvalue weighted by atomic mass is 9.86. The molecule has 0 aliphatic rings. The van der Waals surface area contributed by atoms with Gasteiger partial charge in [0, 0.05) is 49.4 Å². The number of para-hydroxylation sites is 1. The van der Waals surface area contributed by atoms with Gasteiger partial charge in [-0.05, 0) is 204 Å². The van der Waals surface area contributed by atoms with Crippen LogP contribution in [-0.4, -0.2) is 13.7 Å². The van der Waals surface area contributed by atoms with Crippen molar-refractivity contribution in [1.29, 1.82) is 0 Å². The van der Waals surface area contributed by atoms with Gasteiger partial charge in [0.05, 0.1) is 33.1 Å². The molecule has 13 aromatic carbocycles. The maximum Gasteiger partial charge on any atom is 0.0541 e. The zero-order valence-electron chi connectivity index (χ0n) is 48.6. The summed E-state index contributed by atoms with van der Waals surface area (Å²) in [4.78, 5) is 0. The minimum Gasteiger partial charge on any atom is -0.309 e. The van der Waals surface area contributed by atoms with Crippen molar-refractivity contribution in [3.63, 3.8) is 0 Å². The van der Waals surface area contributed by atoms with Crippen molar-refractivity contribution in [3.05, 3.63) is 284 Å². The Morgan fingerprint density at radius 3 is 1.00 bits per heavy atom. The number of hydrogen-bond donors (Lipinski definition) is 0. The molecule has 3 aromatic heterocycles. The van der Waals surface area contributed by atoms with Gasteiger partial charge < -0.3 is 13.7 Å². The summed E-state index contributed by atoms with van der Waals surface area (Å²) in [7, 11) is 0. The van der Waals surface area contributed by atoms with Crippen molar-refractivity contribution >= 4 is 87.0 Å². The minimum atomic E-state index is 0.453. The third-order valence-corrected chi connectivity index (χ3v) is 18.4.